The second-order valence-electron chi connectivity index (χ2n) is 2.33. The molecule has 66 valence electrons. The molecule has 6 nitrogen and oxygen atoms in total. The van der Waals surface area contributed by atoms with Crippen molar-refractivity contribution >= 4 is 11.3 Å². The van der Waals surface area contributed by atoms with Crippen LogP contribution in [0.25, 0.3) is 11.3 Å². The van der Waals surface area contributed by atoms with Crippen molar-refractivity contribution in [2.24, 2.45) is 0 Å². The molecule has 1 N–H and O–H groups in total. The van der Waals surface area contributed by atoms with E-state index in [1.165, 1.54) is 13.3 Å². The number of hydrogen-bond acceptors (Lipinski definition) is 5. The van der Waals surface area contributed by atoms with Gasteiger partial charge in [0.15, 0.2) is 11.3 Å². The van der Waals surface area contributed by atoms with Crippen molar-refractivity contribution in [1.29, 1.82) is 0 Å². The number of fused-ring (bicyclic) bond motifs is 1. The molecule has 2 rings (SSSR count). The van der Waals surface area contributed by atoms with E-state index in [1.54, 1.807) is 0 Å². The zero-order valence-electron chi connectivity index (χ0n) is 6.81. The first-order chi connectivity index (χ1) is 6.29. The average molecular weight is 178 g/mol. The number of nitrogens with one attached hydrogen (secondary N) is 1. The molecule has 0 aromatic carbocycles. The minimum Gasteiger partial charge on any atom is -0.480 e. The lowest BCUT2D eigenvalue weighted by Crippen LogP contribution is -2.07. The van der Waals surface area contributed by atoms with Crippen molar-refractivity contribution in [1.82, 2.24) is 19.9 Å². The van der Waals surface area contributed by atoms with Gasteiger partial charge < -0.3 is 9.72 Å². The molecule has 0 aliphatic rings. The maximum absolute atomic E-state index is 10.9. The third-order valence-corrected chi connectivity index (χ3v) is 1.49. The topological polar surface area (TPSA) is 80.8 Å². The van der Waals surface area contributed by atoms with E-state index < -0.39 is 0 Å². The van der Waals surface area contributed by atoms with E-state index in [9.17, 15) is 4.79 Å². The van der Waals surface area contributed by atoms with Crippen LogP contribution in [0.2, 0.25) is 0 Å². The van der Waals surface area contributed by atoms with Gasteiger partial charge in [0.25, 0.3) is 5.56 Å². The predicted octanol–water partition coefficient (Wildman–Crippen LogP) is -0.278. The van der Waals surface area contributed by atoms with Gasteiger partial charge in [-0.05, 0) is 0 Å². The lowest BCUT2D eigenvalue weighted by molar-refractivity contribution is 0.397. The minimum absolute atomic E-state index is 0.310. The summed E-state index contributed by atoms with van der Waals surface area (Å²) in [5.74, 6) is 0.344. The Balaban J connectivity index is 2.75. The number of aromatic nitrogens is 4. The molecule has 0 radical (unpaired) electrons. The van der Waals surface area contributed by atoms with Gasteiger partial charge >= 0.3 is 0 Å². The highest BCUT2D eigenvalue weighted by atomic mass is 16.5. The zero-order chi connectivity index (χ0) is 9.26. The molecule has 0 amide bonds. The number of nitrogens with zero attached hydrogens (tertiary/aromatic N) is 3. The maximum atomic E-state index is 10.9. The van der Waals surface area contributed by atoms with E-state index in [-0.39, 0.29) is 5.56 Å². The molecule has 0 saturated carbocycles. The Labute approximate surface area is 72.6 Å². The second kappa shape index (κ2) is 2.81. The molecule has 0 aliphatic heterocycles. The molecule has 0 spiro atoms. The summed E-state index contributed by atoms with van der Waals surface area (Å²) < 4.78 is 4.84. The summed E-state index contributed by atoms with van der Waals surface area (Å²) in [7, 11) is 1.48. The number of H-pyrrole nitrogens is 1. The highest BCUT2D eigenvalue weighted by Gasteiger charge is 2.00. The van der Waals surface area contributed by atoms with E-state index in [0.717, 1.165) is 6.20 Å². The van der Waals surface area contributed by atoms with Crippen LogP contribution in [0.5, 0.6) is 5.88 Å². The molecular weight excluding hydrogens is 172 g/mol. The summed E-state index contributed by atoms with van der Waals surface area (Å²) in [6.07, 6.45) is 2.59. The van der Waals surface area contributed by atoms with E-state index >= 15 is 0 Å². The summed E-state index contributed by atoms with van der Waals surface area (Å²) in [5.41, 5.74) is 0.405. The number of ether oxygens (including phenoxy) is 1. The van der Waals surface area contributed by atoms with Crippen molar-refractivity contribution in [3.63, 3.8) is 0 Å². The quantitative estimate of drug-likeness (QED) is 0.649. The smallest absolute Gasteiger partial charge is 0.268 e. The van der Waals surface area contributed by atoms with Crippen molar-refractivity contribution in [3.8, 4) is 5.88 Å². The van der Waals surface area contributed by atoms with Crippen LogP contribution in [-0.4, -0.2) is 27.0 Å². The number of rotatable bonds is 1. The Morgan fingerprint density at radius 3 is 2.92 bits per heavy atom. The van der Waals surface area contributed by atoms with Crippen LogP contribution in [0, 0.1) is 0 Å². The standard InChI is InChI=1S/C7H6N4O2/c1-13-5-3-9-6-7(11-5)10-4(12)2-8-6/h2-3H,1H3,(H,10,11,12). The van der Waals surface area contributed by atoms with Gasteiger partial charge in [0, 0.05) is 0 Å². The monoisotopic (exact) mass is 178 g/mol. The van der Waals surface area contributed by atoms with E-state index in [0.29, 0.717) is 17.2 Å². The molecule has 13 heavy (non-hydrogen) atoms. The lowest BCUT2D eigenvalue weighted by Gasteiger charge is -1.98. The first kappa shape index (κ1) is 7.66. The Morgan fingerprint density at radius 1 is 1.38 bits per heavy atom. The summed E-state index contributed by atoms with van der Waals surface area (Å²) >= 11 is 0. The molecule has 0 atom stereocenters. The first-order valence-electron chi connectivity index (χ1n) is 3.55. The Kier molecular flexibility index (Phi) is 1.66. The van der Waals surface area contributed by atoms with Gasteiger partial charge in [0.05, 0.1) is 19.5 Å². The predicted molar refractivity (Wildman–Crippen MR) is 44.5 cm³/mol. The highest BCUT2D eigenvalue weighted by molar-refractivity contribution is 5.63. The largest absolute Gasteiger partial charge is 0.480 e. The van der Waals surface area contributed by atoms with Gasteiger partial charge in [0.2, 0.25) is 5.88 Å². The van der Waals surface area contributed by atoms with Crippen LogP contribution in [0.1, 0.15) is 0 Å². The highest BCUT2D eigenvalue weighted by Crippen LogP contribution is 2.06. The normalized spacial score (nSPS) is 10.2. The molecule has 2 aromatic heterocycles. The molecular formula is C7H6N4O2. The van der Waals surface area contributed by atoms with E-state index in [2.05, 4.69) is 19.9 Å². The summed E-state index contributed by atoms with van der Waals surface area (Å²) in [6, 6.07) is 0. The van der Waals surface area contributed by atoms with Gasteiger partial charge in [-0.15, -0.1) is 0 Å². The van der Waals surface area contributed by atoms with Crippen molar-refractivity contribution in [3.05, 3.63) is 22.7 Å². The van der Waals surface area contributed by atoms with Crippen LogP contribution in [-0.2, 0) is 0 Å². The van der Waals surface area contributed by atoms with Gasteiger partial charge in [0.1, 0.15) is 0 Å². The van der Waals surface area contributed by atoms with Crippen molar-refractivity contribution in [2.75, 3.05) is 7.11 Å². The van der Waals surface area contributed by atoms with E-state index in [1.807, 2.05) is 0 Å². The Hall–Kier alpha value is -1.98. The van der Waals surface area contributed by atoms with Gasteiger partial charge in [-0.2, -0.15) is 4.98 Å². The second-order valence-corrected chi connectivity index (χ2v) is 2.33. The van der Waals surface area contributed by atoms with Crippen molar-refractivity contribution < 1.29 is 4.74 Å². The summed E-state index contributed by atoms with van der Waals surface area (Å²) in [4.78, 5) is 25.0. The fourth-order valence-corrected chi connectivity index (χ4v) is 0.912. The molecule has 0 unspecified atom stereocenters. The fourth-order valence-electron chi connectivity index (χ4n) is 0.912. The molecule has 2 heterocycles. The van der Waals surface area contributed by atoms with Crippen LogP contribution in [0.15, 0.2) is 17.2 Å². The third kappa shape index (κ3) is 1.33. The van der Waals surface area contributed by atoms with E-state index in [4.69, 9.17) is 4.74 Å². The number of aromatic amines is 1. The lowest BCUT2D eigenvalue weighted by atomic mass is 10.6. The van der Waals surface area contributed by atoms with Crippen LogP contribution >= 0.6 is 0 Å². The molecule has 0 aliphatic carbocycles. The maximum Gasteiger partial charge on any atom is 0.268 e. The summed E-state index contributed by atoms with van der Waals surface area (Å²) in [5, 5.41) is 0. The summed E-state index contributed by atoms with van der Waals surface area (Å²) in [6.45, 7) is 0. The zero-order valence-corrected chi connectivity index (χ0v) is 6.81. The fraction of sp³-hybridized carbons (Fsp3) is 0.143. The van der Waals surface area contributed by atoms with Gasteiger partial charge in [-0.25, -0.2) is 9.97 Å². The van der Waals surface area contributed by atoms with Crippen molar-refractivity contribution in [2.45, 2.75) is 0 Å². The Morgan fingerprint density at radius 2 is 2.15 bits per heavy atom. The van der Waals surface area contributed by atoms with Crippen LogP contribution in [0.4, 0.5) is 0 Å². The SMILES string of the molecule is COc1cnc2ncc(=O)[nH]c2n1. The number of hydrogen-bond donors (Lipinski definition) is 1. The first-order valence-corrected chi connectivity index (χ1v) is 3.55. The van der Waals surface area contributed by atoms with Crippen LogP contribution in [0.3, 0.4) is 0 Å². The minimum atomic E-state index is -0.310. The van der Waals surface area contributed by atoms with Gasteiger partial charge in [-0.1, -0.05) is 0 Å². The van der Waals surface area contributed by atoms with Gasteiger partial charge in [-0.3, -0.25) is 4.79 Å². The molecule has 0 bridgehead atoms. The van der Waals surface area contributed by atoms with Crippen LogP contribution < -0.4 is 10.3 Å². The molecule has 2 aromatic rings. The average Bonchev–Trinajstić information content (AvgIpc) is 2.16. The molecule has 0 saturated heterocycles. The molecule has 6 heteroatoms. The Bertz CT molecular complexity index is 493. The third-order valence-electron chi connectivity index (χ3n) is 1.49. The molecule has 0 fully saturated rings. The number of methoxy groups -OCH3 is 1.